The SMILES string of the molecule is O=C(NCC1CCOCC1)c1n[nH]c2ccc(-c3cncc(CN4CCOCC4)c3)cc12. The second kappa shape index (κ2) is 9.77. The number of hydrogen-bond acceptors (Lipinski definition) is 6. The molecule has 1 amide bonds. The Balaban J connectivity index is 1.33. The molecule has 2 saturated heterocycles. The van der Waals surface area contributed by atoms with E-state index in [2.05, 4.69) is 31.5 Å². The van der Waals surface area contributed by atoms with Crippen LogP contribution >= 0.6 is 0 Å². The average Bonchev–Trinajstić information content (AvgIpc) is 3.27. The summed E-state index contributed by atoms with van der Waals surface area (Å²) in [5.41, 5.74) is 4.51. The van der Waals surface area contributed by atoms with Gasteiger partial charge in [-0.05, 0) is 48.1 Å². The Hall–Kier alpha value is -2.81. The van der Waals surface area contributed by atoms with Crippen LogP contribution in [0.5, 0.6) is 0 Å². The molecule has 32 heavy (non-hydrogen) atoms. The molecule has 0 unspecified atom stereocenters. The maximum Gasteiger partial charge on any atom is 0.272 e. The van der Waals surface area contributed by atoms with Crippen LogP contribution in [-0.4, -0.2) is 72.1 Å². The molecule has 2 aliphatic heterocycles. The number of carbonyl (C=O) groups excluding carboxylic acids is 1. The first-order valence-electron chi connectivity index (χ1n) is 11.3. The van der Waals surface area contributed by atoms with Gasteiger partial charge in [0.2, 0.25) is 0 Å². The van der Waals surface area contributed by atoms with Gasteiger partial charge in [-0.1, -0.05) is 6.07 Å². The van der Waals surface area contributed by atoms with E-state index in [-0.39, 0.29) is 5.91 Å². The third kappa shape index (κ3) is 4.82. The lowest BCUT2D eigenvalue weighted by atomic mass is 10.0. The number of benzene rings is 1. The van der Waals surface area contributed by atoms with Crippen molar-refractivity contribution in [3.05, 3.63) is 47.9 Å². The number of aromatic nitrogens is 3. The fourth-order valence-electron chi connectivity index (χ4n) is 4.39. The number of H-pyrrole nitrogens is 1. The third-order valence-electron chi connectivity index (χ3n) is 6.31. The summed E-state index contributed by atoms with van der Waals surface area (Å²) in [5, 5.41) is 11.2. The van der Waals surface area contributed by atoms with Gasteiger partial charge in [0, 0.05) is 62.7 Å². The molecule has 2 aliphatic rings. The number of nitrogens with zero attached hydrogens (tertiary/aromatic N) is 3. The molecule has 0 bridgehead atoms. The van der Waals surface area contributed by atoms with Gasteiger partial charge < -0.3 is 14.8 Å². The summed E-state index contributed by atoms with van der Waals surface area (Å²) >= 11 is 0. The zero-order chi connectivity index (χ0) is 21.8. The number of hydrogen-bond donors (Lipinski definition) is 2. The van der Waals surface area contributed by atoms with E-state index in [1.807, 2.05) is 30.6 Å². The first-order chi connectivity index (χ1) is 15.8. The minimum absolute atomic E-state index is 0.140. The largest absolute Gasteiger partial charge is 0.381 e. The number of fused-ring (bicyclic) bond motifs is 1. The molecule has 1 aromatic carbocycles. The Kier molecular flexibility index (Phi) is 6.43. The van der Waals surface area contributed by atoms with Crippen molar-refractivity contribution in [2.75, 3.05) is 46.1 Å². The molecular formula is C24H29N5O3. The third-order valence-corrected chi connectivity index (χ3v) is 6.31. The molecule has 5 rings (SSSR count). The highest BCUT2D eigenvalue weighted by molar-refractivity contribution is 6.05. The average molecular weight is 436 g/mol. The van der Waals surface area contributed by atoms with Gasteiger partial charge in [0.15, 0.2) is 5.69 Å². The molecule has 2 N–H and O–H groups in total. The topological polar surface area (TPSA) is 92.4 Å². The van der Waals surface area contributed by atoms with Crippen molar-refractivity contribution < 1.29 is 14.3 Å². The first kappa shape index (κ1) is 21.1. The van der Waals surface area contributed by atoms with Gasteiger partial charge in [-0.25, -0.2) is 0 Å². The van der Waals surface area contributed by atoms with E-state index in [4.69, 9.17) is 9.47 Å². The number of rotatable bonds is 6. The van der Waals surface area contributed by atoms with Crippen LogP contribution in [0.15, 0.2) is 36.7 Å². The Labute approximate surface area is 187 Å². The number of pyridine rings is 1. The summed E-state index contributed by atoms with van der Waals surface area (Å²) in [6, 6.07) is 8.22. The normalized spacial score (nSPS) is 18.1. The molecule has 0 spiro atoms. The van der Waals surface area contributed by atoms with Crippen LogP contribution in [0.2, 0.25) is 0 Å². The predicted molar refractivity (Wildman–Crippen MR) is 121 cm³/mol. The van der Waals surface area contributed by atoms with Crippen molar-refractivity contribution in [3.63, 3.8) is 0 Å². The molecular weight excluding hydrogens is 406 g/mol. The Morgan fingerprint density at radius 3 is 2.72 bits per heavy atom. The molecule has 8 heteroatoms. The van der Waals surface area contributed by atoms with Gasteiger partial charge in [-0.2, -0.15) is 5.10 Å². The van der Waals surface area contributed by atoms with Crippen LogP contribution in [0, 0.1) is 5.92 Å². The fourth-order valence-corrected chi connectivity index (χ4v) is 4.39. The molecule has 2 fully saturated rings. The zero-order valence-electron chi connectivity index (χ0n) is 18.2. The lowest BCUT2D eigenvalue weighted by Crippen LogP contribution is -2.35. The number of carbonyl (C=O) groups is 1. The van der Waals surface area contributed by atoms with Crippen LogP contribution in [0.4, 0.5) is 0 Å². The smallest absolute Gasteiger partial charge is 0.272 e. The van der Waals surface area contributed by atoms with Crippen molar-refractivity contribution >= 4 is 16.8 Å². The molecule has 3 aromatic rings. The molecule has 168 valence electrons. The first-order valence-corrected chi connectivity index (χ1v) is 11.3. The second-order valence-electron chi connectivity index (χ2n) is 8.57. The molecule has 4 heterocycles. The highest BCUT2D eigenvalue weighted by atomic mass is 16.5. The standard InChI is InChI=1S/C24H29N5O3/c30-24(26-14-17-3-7-31-8-4-17)23-21-12-19(1-2-22(21)27-28-23)20-11-18(13-25-15-20)16-29-5-9-32-10-6-29/h1-2,11-13,15,17H,3-10,14,16H2,(H,26,30)(H,27,28). The summed E-state index contributed by atoms with van der Waals surface area (Å²) in [4.78, 5) is 19.7. The van der Waals surface area contributed by atoms with E-state index >= 15 is 0 Å². The lowest BCUT2D eigenvalue weighted by Gasteiger charge is -2.26. The molecule has 8 nitrogen and oxygen atoms in total. The minimum atomic E-state index is -0.140. The van der Waals surface area contributed by atoms with E-state index in [9.17, 15) is 4.79 Å². The van der Waals surface area contributed by atoms with Crippen molar-refractivity contribution in [2.24, 2.45) is 5.92 Å². The van der Waals surface area contributed by atoms with Gasteiger partial charge in [-0.3, -0.25) is 19.8 Å². The maximum atomic E-state index is 12.8. The predicted octanol–water partition coefficient (Wildman–Crippen LogP) is 2.61. The van der Waals surface area contributed by atoms with Crippen LogP contribution in [-0.2, 0) is 16.0 Å². The summed E-state index contributed by atoms with van der Waals surface area (Å²) in [7, 11) is 0. The summed E-state index contributed by atoms with van der Waals surface area (Å²) in [5.74, 6) is 0.327. The summed E-state index contributed by atoms with van der Waals surface area (Å²) < 4.78 is 10.8. The van der Waals surface area contributed by atoms with Crippen LogP contribution in [0.1, 0.15) is 28.9 Å². The minimum Gasteiger partial charge on any atom is -0.381 e. The van der Waals surface area contributed by atoms with Crippen LogP contribution < -0.4 is 5.32 Å². The van der Waals surface area contributed by atoms with Gasteiger partial charge in [0.25, 0.3) is 5.91 Å². The van der Waals surface area contributed by atoms with E-state index < -0.39 is 0 Å². The van der Waals surface area contributed by atoms with Gasteiger partial charge in [-0.15, -0.1) is 0 Å². The van der Waals surface area contributed by atoms with Crippen molar-refractivity contribution in [1.82, 2.24) is 25.4 Å². The number of amides is 1. The van der Waals surface area contributed by atoms with Crippen molar-refractivity contribution in [3.8, 4) is 11.1 Å². The van der Waals surface area contributed by atoms with E-state index in [0.29, 0.717) is 18.2 Å². The van der Waals surface area contributed by atoms with Gasteiger partial charge in [0.05, 0.1) is 18.7 Å². The summed E-state index contributed by atoms with van der Waals surface area (Å²) in [6.07, 6.45) is 5.76. The van der Waals surface area contributed by atoms with Gasteiger partial charge >= 0.3 is 0 Å². The van der Waals surface area contributed by atoms with E-state index in [1.54, 1.807) is 0 Å². The van der Waals surface area contributed by atoms with Crippen LogP contribution in [0.3, 0.4) is 0 Å². The molecule has 0 radical (unpaired) electrons. The lowest BCUT2D eigenvalue weighted by molar-refractivity contribution is 0.0341. The van der Waals surface area contributed by atoms with Gasteiger partial charge in [0.1, 0.15) is 0 Å². The van der Waals surface area contributed by atoms with E-state index in [1.165, 1.54) is 5.56 Å². The Bertz CT molecular complexity index is 1070. The number of aromatic amines is 1. The Morgan fingerprint density at radius 2 is 1.88 bits per heavy atom. The number of ether oxygens (including phenoxy) is 2. The molecule has 0 atom stereocenters. The Morgan fingerprint density at radius 1 is 1.06 bits per heavy atom. The molecule has 0 aliphatic carbocycles. The highest BCUT2D eigenvalue weighted by Crippen LogP contribution is 2.26. The van der Waals surface area contributed by atoms with Crippen molar-refractivity contribution in [1.29, 1.82) is 0 Å². The molecule has 0 saturated carbocycles. The fraction of sp³-hybridized carbons (Fsp3) is 0.458. The molecule has 2 aromatic heterocycles. The number of nitrogens with one attached hydrogen (secondary N) is 2. The monoisotopic (exact) mass is 435 g/mol. The maximum absolute atomic E-state index is 12.8. The second-order valence-corrected chi connectivity index (χ2v) is 8.57. The number of morpholine rings is 1. The van der Waals surface area contributed by atoms with Crippen LogP contribution in [0.25, 0.3) is 22.0 Å². The van der Waals surface area contributed by atoms with Crippen molar-refractivity contribution in [2.45, 2.75) is 19.4 Å². The highest BCUT2D eigenvalue weighted by Gasteiger charge is 2.19. The zero-order valence-corrected chi connectivity index (χ0v) is 18.2. The van der Waals surface area contributed by atoms with E-state index in [0.717, 1.165) is 80.9 Å². The summed E-state index contributed by atoms with van der Waals surface area (Å²) in [6.45, 7) is 6.51. The quantitative estimate of drug-likeness (QED) is 0.618.